The highest BCUT2D eigenvalue weighted by Gasteiger charge is 2.46. The summed E-state index contributed by atoms with van der Waals surface area (Å²) in [5.41, 5.74) is -0.268. The van der Waals surface area contributed by atoms with Crippen LogP contribution in [0, 0.1) is 6.92 Å². The number of hydrogen-bond donors (Lipinski definition) is 1. The molecule has 0 saturated carbocycles. The molecule has 0 aliphatic carbocycles. The van der Waals surface area contributed by atoms with Crippen LogP contribution in [0.4, 0.5) is 5.82 Å². The fourth-order valence-corrected chi connectivity index (χ4v) is 3.58. The maximum absolute atomic E-state index is 12.5. The van der Waals surface area contributed by atoms with E-state index in [0.29, 0.717) is 11.3 Å². The lowest BCUT2D eigenvalue weighted by Gasteiger charge is -2.31. The van der Waals surface area contributed by atoms with Gasteiger partial charge in [-0.1, -0.05) is 5.21 Å². The Morgan fingerprint density at radius 1 is 1.11 bits per heavy atom. The molecule has 3 heterocycles. The highest BCUT2D eigenvalue weighted by molar-refractivity contribution is 5.96. The summed E-state index contributed by atoms with van der Waals surface area (Å²) in [7, 11) is 1.42. The number of methoxy groups -OCH3 is 1. The van der Waals surface area contributed by atoms with E-state index in [1.54, 1.807) is 26.0 Å². The van der Waals surface area contributed by atoms with E-state index in [1.165, 1.54) is 38.6 Å². The Balaban J connectivity index is 1.71. The van der Waals surface area contributed by atoms with E-state index in [0.717, 1.165) is 5.01 Å². The summed E-state index contributed by atoms with van der Waals surface area (Å²) in [5, 5.41) is 23.6. The van der Waals surface area contributed by atoms with Crippen molar-refractivity contribution in [2.45, 2.75) is 40.3 Å². The maximum atomic E-state index is 12.5. The molecule has 0 spiro atoms. The van der Waals surface area contributed by atoms with Crippen LogP contribution >= 0.6 is 0 Å². The summed E-state index contributed by atoms with van der Waals surface area (Å²) >= 11 is 0. The number of carbonyl (C=O) groups is 3. The van der Waals surface area contributed by atoms with E-state index < -0.39 is 17.6 Å². The first-order valence-electron chi connectivity index (χ1n) is 10.5. The van der Waals surface area contributed by atoms with Crippen molar-refractivity contribution in [2.24, 2.45) is 5.10 Å². The lowest BCUT2D eigenvalue weighted by atomic mass is 10.0. The van der Waals surface area contributed by atoms with Crippen LogP contribution < -0.4 is 14.8 Å². The van der Waals surface area contributed by atoms with Crippen LogP contribution in [0.15, 0.2) is 27.9 Å². The van der Waals surface area contributed by atoms with Crippen molar-refractivity contribution in [1.82, 2.24) is 30.3 Å². The Kier molecular flexibility index (Phi) is 6.14. The number of carbonyl (C=O) groups excluding carboxylic acids is 3. The zero-order valence-corrected chi connectivity index (χ0v) is 20.2. The number of hydrogen-bond acceptors (Lipinski definition) is 12. The molecular weight excluding hydrogens is 476 g/mol. The van der Waals surface area contributed by atoms with Crippen LogP contribution in [-0.2, 0) is 24.8 Å². The molecule has 0 fully saturated rings. The minimum atomic E-state index is -1.39. The molecule has 188 valence electrons. The second-order valence-corrected chi connectivity index (χ2v) is 7.83. The van der Waals surface area contributed by atoms with Gasteiger partial charge < -0.3 is 19.5 Å². The number of aromatic nitrogens is 5. The molecule has 3 aromatic rings. The molecule has 2 amide bonds. The van der Waals surface area contributed by atoms with Gasteiger partial charge in [-0.2, -0.15) is 9.69 Å². The first-order valence-corrected chi connectivity index (χ1v) is 10.5. The van der Waals surface area contributed by atoms with Crippen molar-refractivity contribution in [3.05, 3.63) is 35.2 Å². The SMILES string of the molecule is COc1cc([C@@]2(C)OC(c3nnn(-c4nonc4NC(C)=O)c3C)=NN2C(C)=O)ccc1OC(C)=O. The quantitative estimate of drug-likeness (QED) is 0.382. The van der Waals surface area contributed by atoms with Crippen molar-refractivity contribution in [2.75, 3.05) is 12.4 Å². The molecule has 1 aliphatic rings. The van der Waals surface area contributed by atoms with Crippen molar-refractivity contribution >= 4 is 29.5 Å². The zero-order valence-electron chi connectivity index (χ0n) is 20.2. The normalized spacial score (nSPS) is 16.8. The number of rotatable bonds is 6. The van der Waals surface area contributed by atoms with Crippen LogP contribution in [-0.4, -0.2) is 61.1 Å². The Morgan fingerprint density at radius 3 is 2.50 bits per heavy atom. The van der Waals surface area contributed by atoms with Gasteiger partial charge in [0.1, 0.15) is 0 Å². The summed E-state index contributed by atoms with van der Waals surface area (Å²) in [6.45, 7) is 7.22. The number of amides is 2. The highest BCUT2D eigenvalue weighted by atomic mass is 16.6. The minimum absolute atomic E-state index is 0.0111. The molecule has 1 aliphatic heterocycles. The summed E-state index contributed by atoms with van der Waals surface area (Å²) in [4.78, 5) is 35.4. The average Bonchev–Trinajstić information content (AvgIpc) is 3.50. The second-order valence-electron chi connectivity index (χ2n) is 7.83. The van der Waals surface area contributed by atoms with Crippen LogP contribution in [0.3, 0.4) is 0 Å². The maximum Gasteiger partial charge on any atom is 0.308 e. The van der Waals surface area contributed by atoms with Gasteiger partial charge in [0.15, 0.2) is 17.2 Å². The average molecular weight is 498 g/mol. The van der Waals surface area contributed by atoms with Crippen molar-refractivity contribution in [3.63, 3.8) is 0 Å². The van der Waals surface area contributed by atoms with Crippen LogP contribution in [0.25, 0.3) is 5.82 Å². The number of esters is 1. The molecular formula is C21H22N8O7. The smallest absolute Gasteiger partial charge is 0.308 e. The first kappa shape index (κ1) is 24.3. The monoisotopic (exact) mass is 498 g/mol. The van der Waals surface area contributed by atoms with Crippen molar-refractivity contribution in [3.8, 4) is 17.3 Å². The van der Waals surface area contributed by atoms with Gasteiger partial charge in [-0.05, 0) is 35.4 Å². The number of nitrogens with one attached hydrogen (secondary N) is 1. The molecule has 1 N–H and O–H groups in total. The highest BCUT2D eigenvalue weighted by Crippen LogP contribution is 2.40. The fourth-order valence-electron chi connectivity index (χ4n) is 3.58. The van der Waals surface area contributed by atoms with Crippen molar-refractivity contribution < 1.29 is 33.2 Å². The molecule has 15 nitrogen and oxygen atoms in total. The van der Waals surface area contributed by atoms with Crippen LogP contribution in [0.5, 0.6) is 11.5 Å². The molecule has 4 rings (SSSR count). The van der Waals surface area contributed by atoms with E-state index in [4.69, 9.17) is 18.8 Å². The van der Waals surface area contributed by atoms with Crippen LogP contribution in [0.2, 0.25) is 0 Å². The number of nitrogens with zero attached hydrogens (tertiary/aromatic N) is 7. The number of hydrazone groups is 1. The molecule has 2 aromatic heterocycles. The lowest BCUT2D eigenvalue weighted by Crippen LogP contribution is -2.41. The molecule has 1 aromatic carbocycles. The summed E-state index contributed by atoms with van der Waals surface area (Å²) in [5.74, 6) is -0.675. The van der Waals surface area contributed by atoms with Crippen LogP contribution in [0.1, 0.15) is 44.6 Å². The zero-order chi connectivity index (χ0) is 26.2. The Bertz CT molecular complexity index is 1390. The van der Waals surface area contributed by atoms with Gasteiger partial charge in [0.25, 0.3) is 5.90 Å². The van der Waals surface area contributed by atoms with E-state index >= 15 is 0 Å². The van der Waals surface area contributed by atoms with E-state index in [-0.39, 0.29) is 40.6 Å². The van der Waals surface area contributed by atoms with Crippen molar-refractivity contribution in [1.29, 1.82) is 0 Å². The van der Waals surface area contributed by atoms with Gasteiger partial charge in [0.2, 0.25) is 29.2 Å². The topological polar surface area (TPSA) is 176 Å². The van der Waals surface area contributed by atoms with Gasteiger partial charge in [0, 0.05) is 33.3 Å². The summed E-state index contributed by atoms with van der Waals surface area (Å²) in [6, 6.07) is 4.74. The molecule has 1 atom stereocenters. The van der Waals surface area contributed by atoms with Gasteiger partial charge in [-0.3, -0.25) is 14.4 Å². The van der Waals surface area contributed by atoms with E-state index in [1.807, 2.05) is 0 Å². The third kappa shape index (κ3) is 4.21. The Hall–Kier alpha value is -4.82. The minimum Gasteiger partial charge on any atom is -0.493 e. The summed E-state index contributed by atoms with van der Waals surface area (Å²) in [6.07, 6.45) is 0. The summed E-state index contributed by atoms with van der Waals surface area (Å²) < 4.78 is 22.7. The Labute approximate surface area is 203 Å². The van der Waals surface area contributed by atoms with Gasteiger partial charge in [0.05, 0.1) is 12.8 Å². The number of benzene rings is 1. The third-order valence-electron chi connectivity index (χ3n) is 5.21. The van der Waals surface area contributed by atoms with Gasteiger partial charge in [-0.15, -0.1) is 10.2 Å². The number of anilines is 1. The lowest BCUT2D eigenvalue weighted by molar-refractivity contribution is -0.146. The fraction of sp³-hybridized carbons (Fsp3) is 0.333. The standard InChI is InChI=1S/C21H22N8O7/c1-10-17(23-27-28(10)19-18(22-11(2)30)25-36-26-19)20-24-29(12(3)31)21(5,35-20)14-7-8-15(34-13(4)32)16(9-14)33-6/h7-9H,1-6H3,(H,22,25,30)/t21-/m1/s1. The molecule has 36 heavy (non-hydrogen) atoms. The first-order chi connectivity index (χ1) is 17.0. The van der Waals surface area contributed by atoms with Gasteiger partial charge >= 0.3 is 5.97 Å². The molecule has 0 radical (unpaired) electrons. The third-order valence-corrected chi connectivity index (χ3v) is 5.21. The molecule has 15 heteroatoms. The largest absolute Gasteiger partial charge is 0.493 e. The Morgan fingerprint density at radius 2 is 1.86 bits per heavy atom. The predicted octanol–water partition coefficient (Wildman–Crippen LogP) is 1.26. The van der Waals surface area contributed by atoms with E-state index in [9.17, 15) is 14.4 Å². The predicted molar refractivity (Wildman–Crippen MR) is 120 cm³/mol. The molecule has 0 saturated heterocycles. The number of ether oxygens (including phenoxy) is 3. The second kappa shape index (κ2) is 9.09. The van der Waals surface area contributed by atoms with Gasteiger partial charge in [-0.25, -0.2) is 4.63 Å². The molecule has 0 unspecified atom stereocenters. The molecule has 0 bridgehead atoms. The van der Waals surface area contributed by atoms with E-state index in [2.05, 4.69) is 31.0 Å².